The third-order valence-electron chi connectivity index (χ3n) is 5.19. The van der Waals surface area contributed by atoms with Crippen LogP contribution in [0.3, 0.4) is 0 Å². The van der Waals surface area contributed by atoms with Crippen LogP contribution in [0, 0.1) is 0 Å². The number of hydrogen-bond acceptors (Lipinski definition) is 5. The summed E-state index contributed by atoms with van der Waals surface area (Å²) < 4.78 is 6.74. The first-order valence-electron chi connectivity index (χ1n) is 10.0. The average Bonchev–Trinajstić information content (AvgIpc) is 3.29. The highest BCUT2D eigenvalue weighted by Crippen LogP contribution is 2.21. The van der Waals surface area contributed by atoms with E-state index in [9.17, 15) is 14.4 Å². The van der Waals surface area contributed by atoms with E-state index in [1.807, 2.05) is 0 Å². The standard InChI is InChI=1S/C26H15ClN2O4/c27-18-10-12-19(13-11-18)29-15-21(23(28-29)24(30)16-6-2-1-3-7-16)25(31)20-14-17-8-4-5-9-22(17)33-26(20)32/h1-15H. The minimum Gasteiger partial charge on any atom is -0.422 e. The highest BCUT2D eigenvalue weighted by molar-refractivity contribution is 6.30. The molecule has 0 bridgehead atoms. The Bertz CT molecular complexity index is 1570. The molecule has 3 aromatic carbocycles. The molecule has 0 radical (unpaired) electrons. The molecule has 0 aliphatic rings. The largest absolute Gasteiger partial charge is 0.422 e. The van der Waals surface area contributed by atoms with Crippen molar-refractivity contribution in [2.45, 2.75) is 0 Å². The van der Waals surface area contributed by atoms with Gasteiger partial charge in [-0.2, -0.15) is 5.10 Å². The summed E-state index contributed by atoms with van der Waals surface area (Å²) >= 11 is 5.98. The first kappa shape index (κ1) is 20.6. The highest BCUT2D eigenvalue weighted by atomic mass is 35.5. The van der Waals surface area contributed by atoms with Crippen molar-refractivity contribution in [2.75, 3.05) is 0 Å². The van der Waals surface area contributed by atoms with E-state index in [4.69, 9.17) is 16.0 Å². The van der Waals surface area contributed by atoms with Crippen molar-refractivity contribution in [2.24, 2.45) is 0 Å². The summed E-state index contributed by atoms with van der Waals surface area (Å²) in [6, 6.07) is 23.7. The fourth-order valence-electron chi connectivity index (χ4n) is 3.53. The molecule has 160 valence electrons. The fourth-order valence-corrected chi connectivity index (χ4v) is 3.65. The van der Waals surface area contributed by atoms with Gasteiger partial charge in [0.15, 0.2) is 0 Å². The summed E-state index contributed by atoms with van der Waals surface area (Å²) in [6.45, 7) is 0. The zero-order chi connectivity index (χ0) is 22.9. The maximum atomic E-state index is 13.5. The number of fused-ring (bicyclic) bond motifs is 1. The second kappa shape index (κ2) is 8.33. The number of nitrogens with zero attached hydrogens (tertiary/aromatic N) is 2. The molecule has 6 nitrogen and oxygen atoms in total. The van der Waals surface area contributed by atoms with Crippen LogP contribution >= 0.6 is 11.6 Å². The van der Waals surface area contributed by atoms with Crippen LogP contribution in [0.1, 0.15) is 32.0 Å². The Balaban J connectivity index is 1.67. The number of benzene rings is 3. The van der Waals surface area contributed by atoms with Gasteiger partial charge in [-0.05, 0) is 36.4 Å². The van der Waals surface area contributed by atoms with Gasteiger partial charge in [-0.3, -0.25) is 9.59 Å². The minimum atomic E-state index is -0.781. The molecule has 0 aliphatic heterocycles. The van der Waals surface area contributed by atoms with Crippen LogP contribution in [0.4, 0.5) is 0 Å². The predicted octanol–water partition coefficient (Wildman–Crippen LogP) is 5.09. The lowest BCUT2D eigenvalue weighted by Gasteiger charge is -2.03. The van der Waals surface area contributed by atoms with Crippen molar-refractivity contribution in [1.29, 1.82) is 0 Å². The molecule has 0 aliphatic carbocycles. The van der Waals surface area contributed by atoms with Gasteiger partial charge in [0, 0.05) is 22.2 Å². The lowest BCUT2D eigenvalue weighted by molar-refractivity contribution is 0.0999. The Morgan fingerprint density at radius 3 is 2.27 bits per heavy atom. The Morgan fingerprint density at radius 1 is 0.818 bits per heavy atom. The Morgan fingerprint density at radius 2 is 1.52 bits per heavy atom. The monoisotopic (exact) mass is 454 g/mol. The van der Waals surface area contributed by atoms with Crippen LogP contribution in [-0.4, -0.2) is 21.3 Å². The lowest BCUT2D eigenvalue weighted by atomic mass is 10.00. The smallest absolute Gasteiger partial charge is 0.347 e. The van der Waals surface area contributed by atoms with Gasteiger partial charge in [-0.25, -0.2) is 9.48 Å². The number of carbonyl (C=O) groups excluding carboxylic acids is 2. The van der Waals surface area contributed by atoms with Gasteiger partial charge >= 0.3 is 5.63 Å². The summed E-state index contributed by atoms with van der Waals surface area (Å²) in [5.74, 6) is -1.08. The van der Waals surface area contributed by atoms with Crippen LogP contribution in [0.5, 0.6) is 0 Å². The molecule has 0 atom stereocenters. The molecule has 0 saturated carbocycles. The molecule has 0 unspecified atom stereocenters. The SMILES string of the molecule is O=C(c1ccccc1)c1nn(-c2ccc(Cl)cc2)cc1C(=O)c1cc2ccccc2oc1=O. The fraction of sp³-hybridized carbons (Fsp3) is 0. The minimum absolute atomic E-state index is 0.00128. The van der Waals surface area contributed by atoms with Crippen LogP contribution in [0.15, 0.2) is 100 Å². The molecule has 0 fully saturated rings. The summed E-state index contributed by atoms with van der Waals surface area (Å²) in [7, 11) is 0. The van der Waals surface area contributed by atoms with E-state index >= 15 is 0 Å². The maximum absolute atomic E-state index is 13.5. The molecular formula is C26H15ClN2O4. The maximum Gasteiger partial charge on any atom is 0.347 e. The Kier molecular flexibility index (Phi) is 5.20. The number of ketones is 2. The van der Waals surface area contributed by atoms with Crippen molar-refractivity contribution < 1.29 is 14.0 Å². The summed E-state index contributed by atoms with van der Waals surface area (Å²) in [5, 5.41) is 5.53. The molecule has 0 N–H and O–H groups in total. The first-order chi connectivity index (χ1) is 16.0. The third-order valence-corrected chi connectivity index (χ3v) is 5.44. The van der Waals surface area contributed by atoms with Crippen molar-refractivity contribution in [3.63, 3.8) is 0 Å². The molecule has 0 saturated heterocycles. The van der Waals surface area contributed by atoms with Crippen LogP contribution in [0.25, 0.3) is 16.7 Å². The van der Waals surface area contributed by atoms with Crippen molar-refractivity contribution in [1.82, 2.24) is 9.78 Å². The third kappa shape index (κ3) is 3.88. The van der Waals surface area contributed by atoms with E-state index in [1.165, 1.54) is 16.9 Å². The van der Waals surface area contributed by atoms with Gasteiger partial charge in [0.1, 0.15) is 16.8 Å². The molecular weight excluding hydrogens is 440 g/mol. The predicted molar refractivity (Wildman–Crippen MR) is 124 cm³/mol. The zero-order valence-electron chi connectivity index (χ0n) is 17.1. The van der Waals surface area contributed by atoms with Crippen molar-refractivity contribution >= 4 is 34.1 Å². The van der Waals surface area contributed by atoms with Crippen LogP contribution in [0.2, 0.25) is 5.02 Å². The summed E-state index contributed by atoms with van der Waals surface area (Å²) in [6.07, 6.45) is 1.44. The van der Waals surface area contributed by atoms with Crippen LogP contribution in [-0.2, 0) is 0 Å². The number of rotatable bonds is 5. The number of carbonyl (C=O) groups is 2. The molecule has 2 aromatic heterocycles. The quantitative estimate of drug-likeness (QED) is 0.273. The van der Waals surface area contributed by atoms with Crippen LogP contribution < -0.4 is 5.63 Å². The lowest BCUT2D eigenvalue weighted by Crippen LogP contribution is -2.17. The topological polar surface area (TPSA) is 82.2 Å². The molecule has 5 aromatic rings. The van der Waals surface area contributed by atoms with Gasteiger partial charge in [0.05, 0.1) is 11.3 Å². The number of halogens is 1. The van der Waals surface area contributed by atoms with Gasteiger partial charge in [-0.1, -0.05) is 60.1 Å². The number of hydrogen-bond donors (Lipinski definition) is 0. The van der Waals surface area contributed by atoms with E-state index in [0.29, 0.717) is 27.2 Å². The van der Waals surface area contributed by atoms with Crippen molar-refractivity contribution in [3.8, 4) is 5.69 Å². The molecule has 5 rings (SSSR count). The highest BCUT2D eigenvalue weighted by Gasteiger charge is 2.26. The first-order valence-corrected chi connectivity index (χ1v) is 10.4. The second-order valence-corrected chi connectivity index (χ2v) is 7.76. The number of para-hydroxylation sites is 1. The number of aromatic nitrogens is 2. The molecule has 0 amide bonds. The Labute approximate surface area is 192 Å². The molecule has 7 heteroatoms. The molecule has 2 heterocycles. The van der Waals surface area contributed by atoms with Gasteiger partial charge < -0.3 is 4.42 Å². The van der Waals surface area contributed by atoms with E-state index in [-0.39, 0.29) is 16.8 Å². The molecule has 0 spiro atoms. The van der Waals surface area contributed by atoms with E-state index in [0.717, 1.165) is 0 Å². The van der Waals surface area contributed by atoms with Gasteiger partial charge in [-0.15, -0.1) is 0 Å². The second-order valence-electron chi connectivity index (χ2n) is 7.32. The van der Waals surface area contributed by atoms with Gasteiger partial charge in [0.2, 0.25) is 11.6 Å². The average molecular weight is 455 g/mol. The summed E-state index contributed by atoms with van der Waals surface area (Å²) in [5.41, 5.74) is 0.332. The van der Waals surface area contributed by atoms with E-state index < -0.39 is 17.2 Å². The van der Waals surface area contributed by atoms with Gasteiger partial charge in [0.25, 0.3) is 0 Å². The Hall–Kier alpha value is -4.29. The summed E-state index contributed by atoms with van der Waals surface area (Å²) in [4.78, 5) is 39.3. The molecule has 33 heavy (non-hydrogen) atoms. The normalized spacial score (nSPS) is 10.9. The zero-order valence-corrected chi connectivity index (χ0v) is 17.8. The van der Waals surface area contributed by atoms with Crippen molar-refractivity contribution in [3.05, 3.63) is 129 Å². The van der Waals surface area contributed by atoms with E-state index in [2.05, 4.69) is 5.10 Å². The van der Waals surface area contributed by atoms with E-state index in [1.54, 1.807) is 78.9 Å².